The van der Waals surface area contributed by atoms with Crippen LogP contribution in [0, 0.1) is 5.92 Å². The minimum absolute atomic E-state index is 0.0860. The van der Waals surface area contributed by atoms with Gasteiger partial charge < -0.3 is 11.1 Å². The molecule has 0 amide bonds. The SMILES string of the molecule is CC(C)C(C)(CN)Nc1nc(Br)cs1. The molecule has 0 fully saturated rings. The van der Waals surface area contributed by atoms with E-state index in [4.69, 9.17) is 5.73 Å². The standard InChI is InChI=1S/C9H16BrN3S/c1-6(2)9(3,5-11)13-8-12-7(10)4-14-8/h4,6H,5,11H2,1-3H3,(H,12,13). The molecule has 80 valence electrons. The average molecular weight is 278 g/mol. The Hall–Kier alpha value is -0.130. The van der Waals surface area contributed by atoms with Crippen LogP contribution in [0.1, 0.15) is 20.8 Å². The van der Waals surface area contributed by atoms with Crippen LogP contribution in [0.4, 0.5) is 5.13 Å². The molecule has 1 atom stereocenters. The fraction of sp³-hybridized carbons (Fsp3) is 0.667. The third kappa shape index (κ3) is 2.68. The lowest BCUT2D eigenvalue weighted by Crippen LogP contribution is -2.47. The number of nitrogens with one attached hydrogen (secondary N) is 1. The Labute approximate surface area is 97.2 Å². The monoisotopic (exact) mass is 277 g/mol. The maximum absolute atomic E-state index is 5.77. The van der Waals surface area contributed by atoms with Crippen molar-refractivity contribution in [1.29, 1.82) is 0 Å². The third-order valence-corrected chi connectivity index (χ3v) is 4.03. The average Bonchev–Trinajstić information content (AvgIpc) is 2.50. The Kier molecular flexibility index (Phi) is 3.92. The first-order chi connectivity index (χ1) is 6.48. The highest BCUT2D eigenvalue weighted by Crippen LogP contribution is 2.26. The van der Waals surface area contributed by atoms with Crippen LogP contribution < -0.4 is 11.1 Å². The van der Waals surface area contributed by atoms with Gasteiger partial charge in [-0.25, -0.2) is 4.98 Å². The fourth-order valence-corrected chi connectivity index (χ4v) is 2.27. The molecule has 14 heavy (non-hydrogen) atoms. The van der Waals surface area contributed by atoms with Gasteiger partial charge in [0.1, 0.15) is 4.60 Å². The second kappa shape index (κ2) is 4.59. The van der Waals surface area contributed by atoms with Gasteiger partial charge in [-0.05, 0) is 28.8 Å². The van der Waals surface area contributed by atoms with E-state index in [9.17, 15) is 0 Å². The largest absolute Gasteiger partial charge is 0.355 e. The maximum Gasteiger partial charge on any atom is 0.184 e. The Morgan fingerprint density at radius 1 is 1.71 bits per heavy atom. The van der Waals surface area contributed by atoms with Crippen LogP contribution in [0.15, 0.2) is 9.98 Å². The Bertz CT molecular complexity index is 300. The Balaban J connectivity index is 2.75. The van der Waals surface area contributed by atoms with Gasteiger partial charge in [-0.15, -0.1) is 11.3 Å². The van der Waals surface area contributed by atoms with Crippen LogP contribution in [-0.4, -0.2) is 17.1 Å². The minimum Gasteiger partial charge on any atom is -0.355 e. The topological polar surface area (TPSA) is 50.9 Å². The minimum atomic E-state index is -0.0860. The normalized spacial score (nSPS) is 15.6. The van der Waals surface area contributed by atoms with E-state index in [-0.39, 0.29) is 5.54 Å². The van der Waals surface area contributed by atoms with Crippen molar-refractivity contribution in [2.45, 2.75) is 26.3 Å². The summed E-state index contributed by atoms with van der Waals surface area (Å²) in [5, 5.41) is 6.25. The van der Waals surface area contributed by atoms with Gasteiger partial charge in [0.05, 0.1) is 5.54 Å². The van der Waals surface area contributed by atoms with Crippen molar-refractivity contribution in [3.05, 3.63) is 9.98 Å². The van der Waals surface area contributed by atoms with Gasteiger partial charge >= 0.3 is 0 Å². The lowest BCUT2D eigenvalue weighted by atomic mass is 9.89. The zero-order chi connectivity index (χ0) is 10.8. The number of hydrogen-bond acceptors (Lipinski definition) is 4. The summed E-state index contributed by atoms with van der Waals surface area (Å²) in [4.78, 5) is 4.29. The smallest absolute Gasteiger partial charge is 0.184 e. The van der Waals surface area contributed by atoms with Crippen molar-refractivity contribution in [2.75, 3.05) is 11.9 Å². The second-order valence-electron chi connectivity index (χ2n) is 3.88. The highest BCUT2D eigenvalue weighted by Gasteiger charge is 2.27. The van der Waals surface area contributed by atoms with E-state index >= 15 is 0 Å². The molecule has 1 aromatic heterocycles. The van der Waals surface area contributed by atoms with Crippen LogP contribution >= 0.6 is 27.3 Å². The highest BCUT2D eigenvalue weighted by atomic mass is 79.9. The number of aromatic nitrogens is 1. The Morgan fingerprint density at radius 3 is 2.71 bits per heavy atom. The summed E-state index contributed by atoms with van der Waals surface area (Å²) in [6.45, 7) is 7.03. The lowest BCUT2D eigenvalue weighted by Gasteiger charge is -2.33. The molecule has 0 spiro atoms. The van der Waals surface area contributed by atoms with Crippen LogP contribution in [0.25, 0.3) is 0 Å². The summed E-state index contributed by atoms with van der Waals surface area (Å²) >= 11 is 4.91. The van der Waals surface area contributed by atoms with E-state index in [2.05, 4.69) is 47.0 Å². The molecular formula is C9H16BrN3S. The van der Waals surface area contributed by atoms with E-state index in [1.54, 1.807) is 11.3 Å². The lowest BCUT2D eigenvalue weighted by molar-refractivity contribution is 0.382. The number of thiazole rings is 1. The fourth-order valence-electron chi connectivity index (χ4n) is 0.987. The van der Waals surface area contributed by atoms with Gasteiger partial charge in [0.2, 0.25) is 0 Å². The maximum atomic E-state index is 5.77. The van der Waals surface area contributed by atoms with E-state index in [0.717, 1.165) is 9.73 Å². The first-order valence-electron chi connectivity index (χ1n) is 4.57. The molecule has 1 aromatic rings. The molecule has 0 saturated carbocycles. The predicted octanol–water partition coefficient (Wildman–Crippen LogP) is 2.69. The van der Waals surface area contributed by atoms with Crippen molar-refractivity contribution < 1.29 is 0 Å². The van der Waals surface area contributed by atoms with Gasteiger partial charge in [0.25, 0.3) is 0 Å². The van der Waals surface area contributed by atoms with Crippen molar-refractivity contribution >= 4 is 32.4 Å². The van der Waals surface area contributed by atoms with Crippen molar-refractivity contribution in [2.24, 2.45) is 11.7 Å². The molecule has 1 unspecified atom stereocenters. The molecular weight excluding hydrogens is 262 g/mol. The molecule has 3 nitrogen and oxygen atoms in total. The van der Waals surface area contributed by atoms with Crippen LogP contribution in [0.2, 0.25) is 0 Å². The van der Waals surface area contributed by atoms with Crippen LogP contribution in [-0.2, 0) is 0 Å². The van der Waals surface area contributed by atoms with Crippen LogP contribution in [0.3, 0.4) is 0 Å². The molecule has 0 aliphatic carbocycles. The molecule has 0 radical (unpaired) electrons. The van der Waals surface area contributed by atoms with Gasteiger partial charge in [-0.3, -0.25) is 0 Å². The summed E-state index contributed by atoms with van der Waals surface area (Å²) in [7, 11) is 0. The van der Waals surface area contributed by atoms with E-state index in [1.165, 1.54) is 0 Å². The van der Waals surface area contributed by atoms with Crippen molar-refractivity contribution in [3.8, 4) is 0 Å². The van der Waals surface area contributed by atoms with E-state index in [0.29, 0.717) is 12.5 Å². The quantitative estimate of drug-likeness (QED) is 0.890. The molecule has 0 aliphatic rings. The van der Waals surface area contributed by atoms with Crippen molar-refractivity contribution in [1.82, 2.24) is 4.98 Å². The first kappa shape index (κ1) is 11.9. The van der Waals surface area contributed by atoms with Crippen molar-refractivity contribution in [3.63, 3.8) is 0 Å². The zero-order valence-electron chi connectivity index (χ0n) is 8.67. The number of halogens is 1. The second-order valence-corrected chi connectivity index (χ2v) is 5.55. The van der Waals surface area contributed by atoms with Gasteiger partial charge in [0.15, 0.2) is 5.13 Å². The highest BCUT2D eigenvalue weighted by molar-refractivity contribution is 9.10. The van der Waals surface area contributed by atoms with Gasteiger partial charge in [0, 0.05) is 11.9 Å². The molecule has 0 aliphatic heterocycles. The summed E-state index contributed by atoms with van der Waals surface area (Å²) in [6.07, 6.45) is 0. The third-order valence-electron chi connectivity index (χ3n) is 2.57. The number of hydrogen-bond donors (Lipinski definition) is 2. The molecule has 0 bridgehead atoms. The summed E-state index contributed by atoms with van der Waals surface area (Å²) in [6, 6.07) is 0. The molecule has 5 heteroatoms. The molecule has 3 N–H and O–H groups in total. The molecule has 1 rings (SSSR count). The van der Waals surface area contributed by atoms with E-state index < -0.39 is 0 Å². The predicted molar refractivity (Wildman–Crippen MR) is 65.7 cm³/mol. The number of nitrogens with two attached hydrogens (primary N) is 1. The van der Waals surface area contributed by atoms with Gasteiger partial charge in [-0.1, -0.05) is 13.8 Å². The number of nitrogens with zero attached hydrogens (tertiary/aromatic N) is 1. The van der Waals surface area contributed by atoms with Gasteiger partial charge in [-0.2, -0.15) is 0 Å². The van der Waals surface area contributed by atoms with E-state index in [1.807, 2.05) is 5.38 Å². The summed E-state index contributed by atoms with van der Waals surface area (Å²) in [5.41, 5.74) is 5.68. The first-order valence-corrected chi connectivity index (χ1v) is 6.24. The summed E-state index contributed by atoms with van der Waals surface area (Å²) in [5.74, 6) is 0.468. The summed E-state index contributed by atoms with van der Waals surface area (Å²) < 4.78 is 0.869. The number of rotatable bonds is 4. The van der Waals surface area contributed by atoms with Crippen LogP contribution in [0.5, 0.6) is 0 Å². The Morgan fingerprint density at radius 2 is 2.36 bits per heavy atom. The molecule has 0 saturated heterocycles. The zero-order valence-corrected chi connectivity index (χ0v) is 11.1. The molecule has 1 heterocycles. The molecule has 0 aromatic carbocycles. The number of anilines is 1.